The standard InChI is InChI=1S/C13H15NO/c1-13(2,3)12(15)14-9-8-10-6-4-5-7-11(10)14/h4-9H,1-3H3. The van der Waals surface area contributed by atoms with Crippen LogP contribution < -0.4 is 0 Å². The Morgan fingerprint density at radius 1 is 1.13 bits per heavy atom. The third-order valence-corrected chi connectivity index (χ3v) is 2.46. The molecule has 1 aromatic carbocycles. The van der Waals surface area contributed by atoms with Crippen LogP contribution in [-0.2, 0) is 0 Å². The first-order valence-electron chi connectivity index (χ1n) is 5.11. The maximum atomic E-state index is 12.1. The zero-order valence-electron chi connectivity index (χ0n) is 9.32. The van der Waals surface area contributed by atoms with Gasteiger partial charge in [-0.2, -0.15) is 0 Å². The number of hydrogen-bond acceptors (Lipinski definition) is 1. The molecule has 0 N–H and O–H groups in total. The summed E-state index contributed by atoms with van der Waals surface area (Å²) < 4.78 is 1.73. The number of hydrogen-bond donors (Lipinski definition) is 0. The first kappa shape index (κ1) is 9.97. The van der Waals surface area contributed by atoms with E-state index in [0.29, 0.717) is 0 Å². The van der Waals surface area contributed by atoms with Gasteiger partial charge in [0, 0.05) is 17.0 Å². The molecule has 0 fully saturated rings. The van der Waals surface area contributed by atoms with Crippen LogP contribution in [0.2, 0.25) is 0 Å². The topological polar surface area (TPSA) is 22.0 Å². The number of fused-ring (bicyclic) bond motifs is 1. The van der Waals surface area contributed by atoms with E-state index in [-0.39, 0.29) is 11.3 Å². The molecule has 0 aliphatic carbocycles. The summed E-state index contributed by atoms with van der Waals surface area (Å²) in [6, 6.07) is 9.89. The van der Waals surface area contributed by atoms with E-state index in [1.54, 1.807) is 4.57 Å². The molecule has 1 heterocycles. The molecule has 0 amide bonds. The highest BCUT2D eigenvalue weighted by molar-refractivity contribution is 5.94. The molecule has 0 spiro atoms. The van der Waals surface area contributed by atoms with Crippen molar-refractivity contribution in [2.24, 2.45) is 5.41 Å². The van der Waals surface area contributed by atoms with Crippen LogP contribution in [0.4, 0.5) is 0 Å². The van der Waals surface area contributed by atoms with Gasteiger partial charge >= 0.3 is 0 Å². The van der Waals surface area contributed by atoms with E-state index >= 15 is 0 Å². The average molecular weight is 201 g/mol. The van der Waals surface area contributed by atoms with Crippen molar-refractivity contribution in [2.75, 3.05) is 0 Å². The Labute approximate surface area is 89.5 Å². The number of para-hydroxylation sites is 1. The van der Waals surface area contributed by atoms with Crippen LogP contribution in [0.3, 0.4) is 0 Å². The van der Waals surface area contributed by atoms with Gasteiger partial charge in [-0.25, -0.2) is 0 Å². The fraction of sp³-hybridized carbons (Fsp3) is 0.308. The third-order valence-electron chi connectivity index (χ3n) is 2.46. The van der Waals surface area contributed by atoms with Crippen molar-refractivity contribution >= 4 is 16.8 Å². The molecule has 0 aliphatic heterocycles. The fourth-order valence-corrected chi connectivity index (χ4v) is 1.62. The SMILES string of the molecule is CC(C)(C)C(=O)n1ccc2ccccc21. The lowest BCUT2D eigenvalue weighted by Crippen LogP contribution is -2.25. The lowest BCUT2D eigenvalue weighted by atomic mass is 9.95. The molecule has 2 heteroatoms. The summed E-state index contributed by atoms with van der Waals surface area (Å²) in [6.07, 6.45) is 1.85. The number of carbonyl (C=O) groups is 1. The zero-order valence-corrected chi connectivity index (χ0v) is 9.32. The molecular weight excluding hydrogens is 186 g/mol. The Morgan fingerprint density at radius 2 is 1.80 bits per heavy atom. The van der Waals surface area contributed by atoms with Gasteiger partial charge < -0.3 is 0 Å². The summed E-state index contributed by atoms with van der Waals surface area (Å²) in [5.41, 5.74) is 0.638. The summed E-state index contributed by atoms with van der Waals surface area (Å²) in [5.74, 6) is 0.128. The number of aromatic nitrogens is 1. The maximum absolute atomic E-state index is 12.1. The molecule has 78 valence electrons. The highest BCUT2D eigenvalue weighted by Gasteiger charge is 2.23. The van der Waals surface area contributed by atoms with Crippen LogP contribution in [0, 0.1) is 5.41 Å². The lowest BCUT2D eigenvalue weighted by Gasteiger charge is -2.17. The van der Waals surface area contributed by atoms with Crippen LogP contribution in [-0.4, -0.2) is 10.5 Å². The zero-order chi connectivity index (χ0) is 11.1. The second-order valence-corrected chi connectivity index (χ2v) is 4.80. The monoisotopic (exact) mass is 201 g/mol. The molecule has 0 atom stereocenters. The molecule has 0 unspecified atom stereocenters. The summed E-state index contributed by atoms with van der Waals surface area (Å²) >= 11 is 0. The Kier molecular flexibility index (Phi) is 2.14. The molecule has 0 radical (unpaired) electrons. The minimum absolute atomic E-state index is 0.128. The van der Waals surface area contributed by atoms with Crippen LogP contribution >= 0.6 is 0 Å². The van der Waals surface area contributed by atoms with E-state index in [2.05, 4.69) is 0 Å². The molecule has 0 saturated heterocycles. The highest BCUT2D eigenvalue weighted by atomic mass is 16.2. The summed E-state index contributed by atoms with van der Waals surface area (Å²) in [7, 11) is 0. The predicted octanol–water partition coefficient (Wildman–Crippen LogP) is 3.33. The third kappa shape index (κ3) is 1.67. The Balaban J connectivity index is 2.58. The average Bonchev–Trinajstić information content (AvgIpc) is 2.58. The molecule has 1 aromatic heterocycles. The number of carbonyl (C=O) groups excluding carboxylic acids is 1. The normalized spacial score (nSPS) is 11.9. The summed E-state index contributed by atoms with van der Waals surface area (Å²) in [6.45, 7) is 5.80. The van der Waals surface area contributed by atoms with E-state index in [4.69, 9.17) is 0 Å². The number of rotatable bonds is 0. The van der Waals surface area contributed by atoms with Crippen molar-refractivity contribution < 1.29 is 4.79 Å². The van der Waals surface area contributed by atoms with Gasteiger partial charge in [0.2, 0.25) is 5.91 Å². The first-order chi connectivity index (χ1) is 7.00. The molecule has 0 bridgehead atoms. The van der Waals surface area contributed by atoms with E-state index in [1.165, 1.54) is 0 Å². The van der Waals surface area contributed by atoms with Crippen molar-refractivity contribution in [1.82, 2.24) is 4.57 Å². The quantitative estimate of drug-likeness (QED) is 0.640. The van der Waals surface area contributed by atoms with E-state index < -0.39 is 0 Å². The van der Waals surface area contributed by atoms with Gasteiger partial charge in [0.05, 0.1) is 5.52 Å². The maximum Gasteiger partial charge on any atom is 0.236 e. The van der Waals surface area contributed by atoms with Crippen molar-refractivity contribution in [3.05, 3.63) is 36.5 Å². The highest BCUT2D eigenvalue weighted by Crippen LogP contribution is 2.22. The summed E-state index contributed by atoms with van der Waals surface area (Å²) in [4.78, 5) is 12.1. The van der Waals surface area contributed by atoms with E-state index in [9.17, 15) is 4.79 Å². The van der Waals surface area contributed by atoms with Crippen LogP contribution in [0.25, 0.3) is 10.9 Å². The van der Waals surface area contributed by atoms with Crippen molar-refractivity contribution in [3.8, 4) is 0 Å². The van der Waals surface area contributed by atoms with Gasteiger partial charge in [0.1, 0.15) is 0 Å². The molecule has 2 nitrogen and oxygen atoms in total. The van der Waals surface area contributed by atoms with Gasteiger partial charge in [-0.15, -0.1) is 0 Å². The van der Waals surface area contributed by atoms with Crippen molar-refractivity contribution in [3.63, 3.8) is 0 Å². The van der Waals surface area contributed by atoms with Gasteiger partial charge in [-0.1, -0.05) is 39.0 Å². The molecule has 2 aromatic rings. The molecule has 0 aliphatic rings. The van der Waals surface area contributed by atoms with Crippen LogP contribution in [0.1, 0.15) is 25.6 Å². The number of nitrogens with zero attached hydrogens (tertiary/aromatic N) is 1. The molecular formula is C13H15NO. The second-order valence-electron chi connectivity index (χ2n) is 4.80. The largest absolute Gasteiger partial charge is 0.287 e. The smallest absolute Gasteiger partial charge is 0.236 e. The minimum atomic E-state index is -0.345. The Bertz CT molecular complexity index is 502. The summed E-state index contributed by atoms with van der Waals surface area (Å²) in [5, 5.41) is 1.11. The van der Waals surface area contributed by atoms with Gasteiger partial charge in [-0.05, 0) is 12.1 Å². The minimum Gasteiger partial charge on any atom is -0.287 e. The van der Waals surface area contributed by atoms with Crippen LogP contribution in [0.15, 0.2) is 36.5 Å². The Hall–Kier alpha value is -1.57. The second kappa shape index (κ2) is 3.23. The van der Waals surface area contributed by atoms with Gasteiger partial charge in [-0.3, -0.25) is 9.36 Å². The van der Waals surface area contributed by atoms with E-state index in [1.807, 2.05) is 57.3 Å². The predicted molar refractivity (Wildman–Crippen MR) is 62.0 cm³/mol. The fourth-order valence-electron chi connectivity index (χ4n) is 1.62. The van der Waals surface area contributed by atoms with Gasteiger partial charge in [0.15, 0.2) is 0 Å². The van der Waals surface area contributed by atoms with Crippen molar-refractivity contribution in [2.45, 2.75) is 20.8 Å². The van der Waals surface area contributed by atoms with Crippen molar-refractivity contribution in [1.29, 1.82) is 0 Å². The number of benzene rings is 1. The van der Waals surface area contributed by atoms with Crippen LogP contribution in [0.5, 0.6) is 0 Å². The van der Waals surface area contributed by atoms with Gasteiger partial charge in [0.25, 0.3) is 0 Å². The molecule has 0 saturated carbocycles. The molecule has 15 heavy (non-hydrogen) atoms. The van der Waals surface area contributed by atoms with E-state index in [0.717, 1.165) is 10.9 Å². The first-order valence-corrected chi connectivity index (χ1v) is 5.11. The molecule has 2 rings (SSSR count). The lowest BCUT2D eigenvalue weighted by molar-refractivity contribution is 0.0772. The Morgan fingerprint density at radius 3 is 2.47 bits per heavy atom.